The number of amidine groups is 1. The maximum Gasteiger partial charge on any atom is 0.283 e. The molecular weight excluding hydrogens is 486 g/mol. The number of nitrogens with zero attached hydrogens (tertiary/aromatic N) is 2. The molecule has 1 aliphatic rings. The van der Waals surface area contributed by atoms with Gasteiger partial charge in [-0.15, -0.1) is 0 Å². The molecule has 1 aliphatic heterocycles. The molecule has 7 nitrogen and oxygen atoms in total. The van der Waals surface area contributed by atoms with Gasteiger partial charge in [-0.3, -0.25) is 14.5 Å². The zero-order valence-corrected chi connectivity index (χ0v) is 22.1. The highest BCUT2D eigenvalue weighted by Gasteiger charge is 2.32. The van der Waals surface area contributed by atoms with Crippen LogP contribution in [0.4, 0.5) is 11.4 Å². The molecule has 0 unspecified atom stereocenters. The molecule has 0 saturated heterocycles. The van der Waals surface area contributed by atoms with Gasteiger partial charge in [0.1, 0.15) is 17.2 Å². The van der Waals surface area contributed by atoms with Gasteiger partial charge >= 0.3 is 0 Å². The minimum Gasteiger partial charge on any atom is -0.497 e. The van der Waals surface area contributed by atoms with E-state index in [4.69, 9.17) is 9.47 Å². The van der Waals surface area contributed by atoms with E-state index in [1.165, 1.54) is 11.8 Å². The van der Waals surface area contributed by atoms with Gasteiger partial charge in [0.05, 0.1) is 30.8 Å². The van der Waals surface area contributed by atoms with E-state index in [9.17, 15) is 9.59 Å². The van der Waals surface area contributed by atoms with Crippen LogP contribution in [0.3, 0.4) is 0 Å². The molecule has 0 radical (unpaired) electrons. The molecule has 8 heteroatoms. The smallest absolute Gasteiger partial charge is 0.283 e. The molecule has 0 fully saturated rings. The van der Waals surface area contributed by atoms with Crippen molar-refractivity contribution in [3.8, 4) is 11.5 Å². The van der Waals surface area contributed by atoms with Crippen LogP contribution in [-0.2, 0) is 9.59 Å². The van der Waals surface area contributed by atoms with Crippen LogP contribution < -0.4 is 19.7 Å². The number of aliphatic imine (C=N–C) groups is 1. The number of ether oxygens (including phenoxy) is 2. The summed E-state index contributed by atoms with van der Waals surface area (Å²) in [5.41, 5.74) is 4.51. The fourth-order valence-electron chi connectivity index (χ4n) is 3.93. The maximum atomic E-state index is 13.5. The largest absolute Gasteiger partial charge is 0.497 e. The number of carbonyl (C=O) groups is 2. The fourth-order valence-corrected chi connectivity index (χ4v) is 4.74. The van der Waals surface area contributed by atoms with Gasteiger partial charge in [0.2, 0.25) is 5.91 Å². The third-order valence-corrected chi connectivity index (χ3v) is 6.45. The number of benzene rings is 3. The molecule has 2 amide bonds. The molecule has 1 N–H and O–H groups in total. The van der Waals surface area contributed by atoms with Crippen LogP contribution in [0.15, 0.2) is 77.4 Å². The van der Waals surface area contributed by atoms with Gasteiger partial charge in [-0.05, 0) is 79.9 Å². The fraction of sp³-hybridized carbons (Fsp3) is 0.207. The molecule has 0 saturated carbocycles. The zero-order chi connectivity index (χ0) is 26.4. The second-order valence-electron chi connectivity index (χ2n) is 8.45. The third kappa shape index (κ3) is 6.40. The van der Waals surface area contributed by atoms with Gasteiger partial charge in [-0.1, -0.05) is 42.1 Å². The first-order chi connectivity index (χ1) is 17.9. The average Bonchev–Trinajstić information content (AvgIpc) is 3.18. The summed E-state index contributed by atoms with van der Waals surface area (Å²) < 4.78 is 10.8. The molecule has 3 aromatic rings. The van der Waals surface area contributed by atoms with E-state index in [0.29, 0.717) is 34.6 Å². The van der Waals surface area contributed by atoms with Crippen molar-refractivity contribution in [3.05, 3.63) is 89.1 Å². The maximum absolute atomic E-state index is 13.5. The topological polar surface area (TPSA) is 80.2 Å². The number of rotatable bonds is 8. The summed E-state index contributed by atoms with van der Waals surface area (Å²) in [7, 11) is 1.61. The lowest BCUT2D eigenvalue weighted by Crippen LogP contribution is -2.31. The summed E-state index contributed by atoms with van der Waals surface area (Å²) in [6.07, 6.45) is 1.74. The Bertz CT molecular complexity index is 1350. The summed E-state index contributed by atoms with van der Waals surface area (Å²) in [6, 6.07) is 20.6. The highest BCUT2D eigenvalue weighted by molar-refractivity contribution is 8.14. The van der Waals surface area contributed by atoms with E-state index in [1.807, 2.05) is 81.4 Å². The molecule has 4 rings (SSSR count). The highest BCUT2D eigenvalue weighted by atomic mass is 32.2. The van der Waals surface area contributed by atoms with Crippen LogP contribution in [0.1, 0.15) is 23.6 Å². The molecule has 190 valence electrons. The van der Waals surface area contributed by atoms with Crippen molar-refractivity contribution >= 4 is 46.2 Å². The van der Waals surface area contributed by atoms with E-state index >= 15 is 0 Å². The zero-order valence-electron chi connectivity index (χ0n) is 21.3. The molecule has 3 aromatic carbocycles. The number of para-hydroxylation sites is 2. The van der Waals surface area contributed by atoms with E-state index in [-0.39, 0.29) is 17.6 Å². The second kappa shape index (κ2) is 11.8. The first-order valence-corrected chi connectivity index (χ1v) is 12.9. The van der Waals surface area contributed by atoms with Crippen molar-refractivity contribution < 1.29 is 19.1 Å². The van der Waals surface area contributed by atoms with E-state index in [0.717, 1.165) is 22.4 Å². The van der Waals surface area contributed by atoms with Gasteiger partial charge in [0, 0.05) is 0 Å². The Labute approximate surface area is 221 Å². The van der Waals surface area contributed by atoms with Crippen LogP contribution in [0, 0.1) is 13.8 Å². The van der Waals surface area contributed by atoms with Crippen molar-refractivity contribution in [2.24, 2.45) is 4.99 Å². The molecule has 0 atom stereocenters. The summed E-state index contributed by atoms with van der Waals surface area (Å²) in [5, 5.41) is 3.34. The number of anilines is 2. The average molecular weight is 516 g/mol. The Morgan fingerprint density at radius 2 is 1.76 bits per heavy atom. The number of amides is 2. The molecule has 0 bridgehead atoms. The lowest BCUT2D eigenvalue weighted by atomic mass is 10.1. The Kier molecular flexibility index (Phi) is 8.30. The lowest BCUT2D eigenvalue weighted by molar-refractivity contribution is -0.114. The van der Waals surface area contributed by atoms with Crippen LogP contribution >= 0.6 is 11.8 Å². The minimum atomic E-state index is -0.245. The van der Waals surface area contributed by atoms with Crippen LogP contribution in [-0.4, -0.2) is 36.5 Å². The summed E-state index contributed by atoms with van der Waals surface area (Å²) in [6.45, 7) is 6.35. The number of hydrogen-bond donors (Lipinski definition) is 1. The second-order valence-corrected chi connectivity index (χ2v) is 9.39. The number of thioether (sulfide) groups is 1. The highest BCUT2D eigenvalue weighted by Crippen LogP contribution is 2.31. The van der Waals surface area contributed by atoms with Gasteiger partial charge in [-0.25, -0.2) is 4.99 Å². The number of carbonyl (C=O) groups excluding carboxylic acids is 2. The molecule has 1 heterocycles. The van der Waals surface area contributed by atoms with Crippen LogP contribution in [0.2, 0.25) is 0 Å². The van der Waals surface area contributed by atoms with E-state index < -0.39 is 0 Å². The van der Waals surface area contributed by atoms with Crippen molar-refractivity contribution in [1.29, 1.82) is 0 Å². The predicted molar refractivity (Wildman–Crippen MR) is 151 cm³/mol. The lowest BCUT2D eigenvalue weighted by Gasteiger charge is -2.19. The quantitative estimate of drug-likeness (QED) is 0.382. The van der Waals surface area contributed by atoms with Gasteiger partial charge in [-0.2, -0.15) is 0 Å². The molecule has 0 aromatic heterocycles. The molecule has 0 spiro atoms. The normalized spacial score (nSPS) is 14.1. The molecule has 37 heavy (non-hydrogen) atoms. The van der Waals surface area contributed by atoms with Crippen molar-refractivity contribution in [3.63, 3.8) is 0 Å². The Morgan fingerprint density at radius 3 is 2.43 bits per heavy atom. The van der Waals surface area contributed by atoms with Crippen molar-refractivity contribution in [2.75, 3.05) is 29.7 Å². The minimum absolute atomic E-state index is 0.0731. The van der Waals surface area contributed by atoms with Gasteiger partial charge in [0.25, 0.3) is 5.91 Å². The van der Waals surface area contributed by atoms with Crippen LogP contribution in [0.25, 0.3) is 6.08 Å². The van der Waals surface area contributed by atoms with Gasteiger partial charge in [0.15, 0.2) is 5.17 Å². The monoisotopic (exact) mass is 515 g/mol. The van der Waals surface area contributed by atoms with Crippen molar-refractivity contribution in [1.82, 2.24) is 0 Å². The summed E-state index contributed by atoms with van der Waals surface area (Å²) >= 11 is 1.21. The summed E-state index contributed by atoms with van der Waals surface area (Å²) in [4.78, 5) is 32.5. The first-order valence-electron chi connectivity index (χ1n) is 11.9. The Balaban J connectivity index is 1.59. The van der Waals surface area contributed by atoms with Gasteiger partial charge < -0.3 is 14.8 Å². The SMILES string of the molecule is CCOc1ccccc1NC(=O)CSC1=N/C(=C\c2ccc(OC)cc2)C(=O)N1c1cc(C)cc(C)c1. The molecular formula is C29H29N3O4S. The number of aryl methyl sites for hydroxylation is 2. The standard InChI is InChI=1S/C29H29N3O4S/c1-5-36-26-9-7-6-8-24(26)30-27(33)18-37-29-31-25(17-21-10-12-23(35-4)13-11-21)28(34)32(29)22-15-19(2)14-20(3)16-22/h6-17H,5,18H2,1-4H3,(H,30,33)/b25-17-. The Hall–Kier alpha value is -4.04. The van der Waals surface area contributed by atoms with Crippen molar-refractivity contribution in [2.45, 2.75) is 20.8 Å². The predicted octanol–water partition coefficient (Wildman–Crippen LogP) is 5.83. The first kappa shape index (κ1) is 26.0. The van der Waals surface area contributed by atoms with E-state index in [2.05, 4.69) is 10.3 Å². The van der Waals surface area contributed by atoms with E-state index in [1.54, 1.807) is 24.2 Å². The number of nitrogens with one attached hydrogen (secondary N) is 1. The Morgan fingerprint density at radius 1 is 1.05 bits per heavy atom. The number of methoxy groups -OCH3 is 1. The van der Waals surface area contributed by atoms with Crippen LogP contribution in [0.5, 0.6) is 11.5 Å². The number of hydrogen-bond acceptors (Lipinski definition) is 6. The molecule has 0 aliphatic carbocycles. The summed E-state index contributed by atoms with van der Waals surface area (Å²) in [5.74, 6) is 0.946. The third-order valence-electron chi connectivity index (χ3n) is 5.51.